The van der Waals surface area contributed by atoms with Crippen LogP contribution in [-0.4, -0.2) is 43.4 Å². The van der Waals surface area contributed by atoms with Gasteiger partial charge in [-0.05, 0) is 43.0 Å². The fraction of sp³-hybridized carbons (Fsp3) is 0.350. The van der Waals surface area contributed by atoms with Crippen LogP contribution >= 0.6 is 0 Å². The first kappa shape index (κ1) is 20.8. The van der Waals surface area contributed by atoms with Gasteiger partial charge in [0.25, 0.3) is 15.9 Å². The van der Waals surface area contributed by atoms with Crippen LogP contribution in [0.15, 0.2) is 29.3 Å². The number of hydrogen-bond donors (Lipinski definition) is 0. The molecule has 0 radical (unpaired) electrons. The Kier molecular flexibility index (Phi) is 5.36. The van der Waals surface area contributed by atoms with E-state index in [9.17, 15) is 18.0 Å². The number of rotatable bonds is 5. The third-order valence-corrected chi connectivity index (χ3v) is 6.57. The summed E-state index contributed by atoms with van der Waals surface area (Å²) >= 11 is 0. The molecular formula is C20H22N2O6S. The Morgan fingerprint density at radius 2 is 1.93 bits per heavy atom. The van der Waals surface area contributed by atoms with E-state index >= 15 is 0 Å². The highest BCUT2D eigenvalue weighted by Gasteiger charge is 2.44. The molecule has 1 aromatic heterocycles. The number of ether oxygens (including phenoxy) is 2. The number of amides is 1. The number of aromatic nitrogens is 1. The van der Waals surface area contributed by atoms with E-state index in [-0.39, 0.29) is 21.9 Å². The molecule has 0 unspecified atom stereocenters. The van der Waals surface area contributed by atoms with Gasteiger partial charge in [-0.3, -0.25) is 9.78 Å². The summed E-state index contributed by atoms with van der Waals surface area (Å²) in [5, 5.41) is 0. The number of sulfonamides is 1. The summed E-state index contributed by atoms with van der Waals surface area (Å²) in [5.74, 6) is -1.24. The summed E-state index contributed by atoms with van der Waals surface area (Å²) in [6, 6.07) is 4.61. The molecule has 0 fully saturated rings. The van der Waals surface area contributed by atoms with Gasteiger partial charge < -0.3 is 9.47 Å². The highest BCUT2D eigenvalue weighted by atomic mass is 32.2. The van der Waals surface area contributed by atoms with Gasteiger partial charge in [-0.15, -0.1) is 0 Å². The zero-order valence-corrected chi connectivity index (χ0v) is 17.7. The molecule has 9 heteroatoms. The van der Waals surface area contributed by atoms with E-state index < -0.39 is 28.6 Å². The summed E-state index contributed by atoms with van der Waals surface area (Å²) in [4.78, 5) is 29.3. The Morgan fingerprint density at radius 1 is 1.24 bits per heavy atom. The number of benzene rings is 1. The fourth-order valence-corrected chi connectivity index (χ4v) is 4.76. The predicted octanol–water partition coefficient (Wildman–Crippen LogP) is 2.79. The Bertz CT molecular complexity index is 1090. The van der Waals surface area contributed by atoms with Gasteiger partial charge in [0.2, 0.25) is 0 Å². The third-order valence-electron chi connectivity index (χ3n) is 4.84. The smallest absolute Gasteiger partial charge is 0.342 e. The van der Waals surface area contributed by atoms with Crippen LogP contribution in [0.1, 0.15) is 57.3 Å². The van der Waals surface area contributed by atoms with Crippen LogP contribution in [0, 0.1) is 13.8 Å². The molecule has 2 heterocycles. The van der Waals surface area contributed by atoms with Crippen LogP contribution in [0.25, 0.3) is 0 Å². The molecule has 0 bridgehead atoms. The second kappa shape index (κ2) is 7.47. The highest BCUT2D eigenvalue weighted by Crippen LogP contribution is 2.38. The van der Waals surface area contributed by atoms with Crippen LogP contribution in [0.2, 0.25) is 0 Å². The topological polar surface area (TPSA) is 103 Å². The van der Waals surface area contributed by atoms with Crippen molar-refractivity contribution in [1.29, 1.82) is 0 Å². The normalized spacial score (nSPS) is 14.8. The standard InChI is InChI=1S/C20H22N2O6S/c1-11(2)15-8-14(27-5)9-16-18(15)19(23)22(29(16,25)26)10-28-20(24)17-12(3)6-7-21-13(17)4/h6-9,11H,10H2,1-5H3. The molecule has 2 aromatic rings. The summed E-state index contributed by atoms with van der Waals surface area (Å²) in [6.45, 7) is 6.36. The summed E-state index contributed by atoms with van der Waals surface area (Å²) < 4.78 is 36.9. The first-order chi connectivity index (χ1) is 13.6. The van der Waals surface area contributed by atoms with Gasteiger partial charge >= 0.3 is 5.97 Å². The number of carbonyl (C=O) groups excluding carboxylic acids is 2. The van der Waals surface area contributed by atoms with E-state index in [1.807, 2.05) is 13.8 Å². The van der Waals surface area contributed by atoms with Gasteiger partial charge in [0.15, 0.2) is 6.73 Å². The molecule has 0 N–H and O–H groups in total. The summed E-state index contributed by atoms with van der Waals surface area (Å²) in [7, 11) is -2.75. The van der Waals surface area contributed by atoms with Crippen molar-refractivity contribution in [1.82, 2.24) is 9.29 Å². The van der Waals surface area contributed by atoms with E-state index in [4.69, 9.17) is 9.47 Å². The van der Waals surface area contributed by atoms with Crippen LogP contribution in [-0.2, 0) is 14.8 Å². The van der Waals surface area contributed by atoms with Gasteiger partial charge in [0, 0.05) is 12.3 Å². The van der Waals surface area contributed by atoms with Crippen molar-refractivity contribution < 1.29 is 27.5 Å². The molecule has 0 atom stereocenters. The largest absolute Gasteiger partial charge is 0.497 e. The van der Waals surface area contributed by atoms with Crippen LogP contribution < -0.4 is 4.74 Å². The van der Waals surface area contributed by atoms with E-state index in [0.717, 1.165) is 0 Å². The minimum atomic E-state index is -4.17. The molecule has 8 nitrogen and oxygen atoms in total. The lowest BCUT2D eigenvalue weighted by Gasteiger charge is -2.16. The number of hydrogen-bond acceptors (Lipinski definition) is 7. The SMILES string of the molecule is COc1cc(C(C)C)c2c(c1)S(=O)(=O)N(COC(=O)c1c(C)ccnc1C)C2=O. The predicted molar refractivity (Wildman–Crippen MR) is 104 cm³/mol. The number of esters is 1. The molecule has 3 rings (SSSR count). The lowest BCUT2D eigenvalue weighted by molar-refractivity contribution is 0.0356. The second-order valence-electron chi connectivity index (χ2n) is 7.05. The van der Waals surface area contributed by atoms with Crippen molar-refractivity contribution in [3.8, 4) is 5.75 Å². The van der Waals surface area contributed by atoms with Crippen molar-refractivity contribution in [2.45, 2.75) is 38.5 Å². The van der Waals surface area contributed by atoms with Crippen molar-refractivity contribution >= 4 is 21.9 Å². The van der Waals surface area contributed by atoms with Gasteiger partial charge in [-0.25, -0.2) is 13.2 Å². The van der Waals surface area contributed by atoms with E-state index in [1.54, 1.807) is 32.2 Å². The number of methoxy groups -OCH3 is 1. The second-order valence-corrected chi connectivity index (χ2v) is 8.88. The summed E-state index contributed by atoms with van der Waals surface area (Å²) in [6.07, 6.45) is 1.56. The lowest BCUT2D eigenvalue weighted by Crippen LogP contribution is -2.33. The van der Waals surface area contributed by atoms with Gasteiger partial charge in [0.1, 0.15) is 10.6 Å². The third kappa shape index (κ3) is 3.46. The van der Waals surface area contributed by atoms with Crippen LogP contribution in [0.3, 0.4) is 0 Å². The molecule has 29 heavy (non-hydrogen) atoms. The van der Waals surface area contributed by atoms with Crippen molar-refractivity contribution in [2.75, 3.05) is 13.8 Å². The number of pyridine rings is 1. The Morgan fingerprint density at radius 3 is 2.52 bits per heavy atom. The number of nitrogens with zero attached hydrogens (tertiary/aromatic N) is 2. The molecule has 0 aliphatic carbocycles. The average molecular weight is 418 g/mol. The molecule has 0 saturated heterocycles. The monoisotopic (exact) mass is 418 g/mol. The maximum atomic E-state index is 13.0. The zero-order valence-electron chi connectivity index (χ0n) is 16.8. The molecule has 1 aliphatic rings. The van der Waals surface area contributed by atoms with Gasteiger partial charge in [-0.2, -0.15) is 4.31 Å². The number of fused-ring (bicyclic) bond motifs is 1. The summed E-state index contributed by atoms with van der Waals surface area (Å²) in [5.41, 5.74) is 2.00. The Hall–Kier alpha value is -2.94. The molecule has 1 aliphatic heterocycles. The average Bonchev–Trinajstić information content (AvgIpc) is 2.84. The van der Waals surface area contributed by atoms with Gasteiger partial charge in [-0.1, -0.05) is 13.8 Å². The number of carbonyl (C=O) groups is 2. The van der Waals surface area contributed by atoms with Crippen LogP contribution in [0.4, 0.5) is 0 Å². The molecule has 154 valence electrons. The fourth-order valence-electron chi connectivity index (χ4n) is 3.29. The number of aryl methyl sites for hydroxylation is 2. The Balaban J connectivity index is 1.95. The minimum absolute atomic E-state index is 0.0885. The molecule has 0 spiro atoms. The van der Waals surface area contributed by atoms with Crippen molar-refractivity contribution in [3.05, 3.63) is 52.3 Å². The van der Waals surface area contributed by atoms with E-state index in [2.05, 4.69) is 4.98 Å². The highest BCUT2D eigenvalue weighted by molar-refractivity contribution is 7.90. The zero-order chi connectivity index (χ0) is 21.5. The van der Waals surface area contributed by atoms with Crippen molar-refractivity contribution in [2.24, 2.45) is 0 Å². The first-order valence-corrected chi connectivity index (χ1v) is 10.4. The van der Waals surface area contributed by atoms with E-state index in [0.29, 0.717) is 26.9 Å². The molecular weight excluding hydrogens is 396 g/mol. The maximum absolute atomic E-state index is 13.0. The maximum Gasteiger partial charge on any atom is 0.342 e. The van der Waals surface area contributed by atoms with Crippen molar-refractivity contribution in [3.63, 3.8) is 0 Å². The molecule has 1 amide bonds. The van der Waals surface area contributed by atoms with Crippen LogP contribution in [0.5, 0.6) is 5.75 Å². The quantitative estimate of drug-likeness (QED) is 0.688. The molecule has 1 aromatic carbocycles. The molecule has 0 saturated carbocycles. The van der Waals surface area contributed by atoms with Gasteiger partial charge in [0.05, 0.1) is 23.9 Å². The minimum Gasteiger partial charge on any atom is -0.497 e. The lowest BCUT2D eigenvalue weighted by atomic mass is 9.96. The Labute approximate surface area is 169 Å². The first-order valence-electron chi connectivity index (χ1n) is 8.98. The van der Waals surface area contributed by atoms with E-state index in [1.165, 1.54) is 13.2 Å².